The summed E-state index contributed by atoms with van der Waals surface area (Å²) in [6.07, 6.45) is 1.37. The van der Waals surface area contributed by atoms with E-state index < -0.39 is 5.97 Å². The number of hydrogen-bond donors (Lipinski definition) is 1. The number of fused-ring (bicyclic) bond motifs is 1. The number of rotatable bonds is 1. The molecular formula is C6H3BrN4O2. The van der Waals surface area contributed by atoms with Crippen molar-refractivity contribution in [2.24, 2.45) is 0 Å². The number of nitrogens with zero attached hydrogens (tertiary/aromatic N) is 4. The molecule has 0 fully saturated rings. The first-order chi connectivity index (χ1) is 6.18. The van der Waals surface area contributed by atoms with Gasteiger partial charge in [-0.1, -0.05) is 0 Å². The normalized spacial score (nSPS) is 10.5. The molecule has 0 unspecified atom stereocenters. The zero-order valence-corrected chi connectivity index (χ0v) is 7.76. The number of aromatic nitrogens is 4. The van der Waals surface area contributed by atoms with Crippen molar-refractivity contribution in [3.8, 4) is 0 Å². The first kappa shape index (κ1) is 8.11. The summed E-state index contributed by atoms with van der Waals surface area (Å²) in [5, 5.41) is 12.5. The molecule has 0 aliphatic carbocycles. The van der Waals surface area contributed by atoms with E-state index >= 15 is 0 Å². The molecule has 0 aliphatic heterocycles. The third-order valence-corrected chi connectivity index (χ3v) is 1.75. The van der Waals surface area contributed by atoms with E-state index in [2.05, 4.69) is 31.0 Å². The van der Waals surface area contributed by atoms with Gasteiger partial charge in [-0.05, 0) is 15.9 Å². The molecule has 2 aromatic heterocycles. The maximum Gasteiger partial charge on any atom is 0.374 e. The molecule has 7 heteroatoms. The number of carboxylic acids is 1. The van der Waals surface area contributed by atoms with Gasteiger partial charge in [0.2, 0.25) is 10.6 Å². The second-order valence-electron chi connectivity index (χ2n) is 2.22. The fourth-order valence-electron chi connectivity index (χ4n) is 0.937. The fourth-order valence-corrected chi connectivity index (χ4v) is 1.28. The lowest BCUT2D eigenvalue weighted by molar-refractivity contribution is 0.0680. The van der Waals surface area contributed by atoms with E-state index in [4.69, 9.17) is 5.11 Å². The molecule has 0 saturated carbocycles. The van der Waals surface area contributed by atoms with Gasteiger partial charge in [0.1, 0.15) is 0 Å². The lowest BCUT2D eigenvalue weighted by Crippen LogP contribution is -2.08. The van der Waals surface area contributed by atoms with E-state index in [1.807, 2.05) is 0 Å². The third-order valence-electron chi connectivity index (χ3n) is 1.42. The number of halogens is 1. The lowest BCUT2D eigenvalue weighted by Gasteiger charge is -1.94. The molecule has 0 aliphatic rings. The van der Waals surface area contributed by atoms with Crippen LogP contribution in [-0.4, -0.2) is 30.7 Å². The Morgan fingerprint density at radius 2 is 2.38 bits per heavy atom. The predicted molar refractivity (Wildman–Crippen MR) is 45.4 cm³/mol. The molecule has 0 spiro atoms. The van der Waals surface area contributed by atoms with Gasteiger partial charge in [-0.15, -0.1) is 5.10 Å². The lowest BCUT2D eigenvalue weighted by atomic mass is 10.5. The van der Waals surface area contributed by atoms with Crippen LogP contribution in [0, 0.1) is 0 Å². The Balaban J connectivity index is 2.82. The van der Waals surface area contributed by atoms with Crippen molar-refractivity contribution in [3.05, 3.63) is 22.8 Å². The molecule has 0 saturated heterocycles. The van der Waals surface area contributed by atoms with Gasteiger partial charge in [-0.3, -0.25) is 0 Å². The molecule has 1 N–H and O–H groups in total. The monoisotopic (exact) mass is 242 g/mol. The molecular weight excluding hydrogens is 240 g/mol. The Bertz CT molecular complexity index is 480. The predicted octanol–water partition coefficient (Wildman–Crippen LogP) is 0.585. The van der Waals surface area contributed by atoms with Crippen LogP contribution in [0.4, 0.5) is 0 Å². The Morgan fingerprint density at radius 1 is 1.62 bits per heavy atom. The highest BCUT2D eigenvalue weighted by atomic mass is 79.9. The Labute approximate surface area is 80.4 Å². The fraction of sp³-hybridized carbons (Fsp3) is 0. The Hall–Kier alpha value is -1.50. The molecule has 0 bridgehead atoms. The van der Waals surface area contributed by atoms with Crippen molar-refractivity contribution in [2.75, 3.05) is 0 Å². The van der Waals surface area contributed by atoms with Crippen LogP contribution in [0.25, 0.3) is 5.65 Å². The van der Waals surface area contributed by atoms with Crippen molar-refractivity contribution in [2.45, 2.75) is 0 Å². The molecule has 0 aromatic carbocycles. The Morgan fingerprint density at radius 3 is 3.08 bits per heavy atom. The van der Waals surface area contributed by atoms with Gasteiger partial charge in [-0.2, -0.15) is 4.52 Å². The summed E-state index contributed by atoms with van der Waals surface area (Å²) in [5.74, 6) is -1.29. The van der Waals surface area contributed by atoms with Crippen LogP contribution in [0.3, 0.4) is 0 Å². The number of aromatic carboxylic acids is 1. The maximum absolute atomic E-state index is 10.7. The number of hydrogen-bond acceptors (Lipinski definition) is 4. The van der Waals surface area contributed by atoms with Crippen molar-refractivity contribution < 1.29 is 9.90 Å². The van der Waals surface area contributed by atoms with Gasteiger partial charge in [0.05, 0.1) is 0 Å². The quantitative estimate of drug-likeness (QED) is 0.792. The van der Waals surface area contributed by atoms with Crippen molar-refractivity contribution in [1.82, 2.24) is 19.6 Å². The van der Waals surface area contributed by atoms with Gasteiger partial charge in [0, 0.05) is 12.3 Å². The summed E-state index contributed by atoms with van der Waals surface area (Å²) < 4.78 is 1.50. The molecule has 13 heavy (non-hydrogen) atoms. The Kier molecular flexibility index (Phi) is 1.73. The van der Waals surface area contributed by atoms with E-state index in [9.17, 15) is 4.79 Å². The van der Waals surface area contributed by atoms with Gasteiger partial charge in [0.25, 0.3) is 0 Å². The highest BCUT2D eigenvalue weighted by Gasteiger charge is 2.11. The molecule has 2 aromatic rings. The zero-order valence-electron chi connectivity index (χ0n) is 6.18. The summed E-state index contributed by atoms with van der Waals surface area (Å²) in [6.45, 7) is 0. The van der Waals surface area contributed by atoms with Crippen molar-refractivity contribution >= 4 is 27.5 Å². The minimum atomic E-state index is -1.14. The summed E-state index contributed by atoms with van der Waals surface area (Å²) in [7, 11) is 0. The minimum absolute atomic E-state index is 0.157. The molecule has 2 rings (SSSR count). The van der Waals surface area contributed by atoms with Crippen LogP contribution < -0.4 is 0 Å². The van der Waals surface area contributed by atoms with Crippen LogP contribution in [0.1, 0.15) is 10.6 Å². The van der Waals surface area contributed by atoms with E-state index in [0.717, 1.165) is 4.52 Å². The van der Waals surface area contributed by atoms with Crippen LogP contribution in [0.5, 0.6) is 0 Å². The standard InChI is InChI=1S/C6H3BrN4O2/c7-6-9-3-1-2-8-4(5(12)13)11(3)10-6/h1-2H,(H,12,13). The second kappa shape index (κ2) is 2.77. The smallest absolute Gasteiger partial charge is 0.374 e. The van der Waals surface area contributed by atoms with Crippen LogP contribution >= 0.6 is 15.9 Å². The summed E-state index contributed by atoms with van der Waals surface area (Å²) >= 11 is 3.04. The van der Waals surface area contributed by atoms with Gasteiger partial charge in [0.15, 0.2) is 5.65 Å². The molecule has 0 atom stereocenters. The molecule has 66 valence electrons. The third kappa shape index (κ3) is 1.26. The second-order valence-corrected chi connectivity index (χ2v) is 2.93. The molecule has 0 amide bonds. The minimum Gasteiger partial charge on any atom is -0.475 e. The van der Waals surface area contributed by atoms with E-state index in [1.54, 1.807) is 6.07 Å². The van der Waals surface area contributed by atoms with Crippen molar-refractivity contribution in [1.29, 1.82) is 0 Å². The number of carboxylic acid groups (broad SMARTS) is 1. The van der Waals surface area contributed by atoms with E-state index in [1.165, 1.54) is 6.20 Å². The van der Waals surface area contributed by atoms with Gasteiger partial charge in [-0.25, -0.2) is 14.8 Å². The van der Waals surface area contributed by atoms with Crippen LogP contribution in [0.2, 0.25) is 0 Å². The van der Waals surface area contributed by atoms with Crippen LogP contribution in [0.15, 0.2) is 17.0 Å². The summed E-state index contributed by atoms with van der Waals surface area (Å²) in [4.78, 5) is 18.2. The van der Waals surface area contributed by atoms with E-state index in [-0.39, 0.29) is 5.82 Å². The van der Waals surface area contributed by atoms with Crippen LogP contribution in [-0.2, 0) is 0 Å². The highest BCUT2D eigenvalue weighted by Crippen LogP contribution is 2.07. The molecule has 6 nitrogen and oxygen atoms in total. The summed E-state index contributed by atoms with van der Waals surface area (Å²) in [6, 6.07) is 1.57. The molecule has 0 radical (unpaired) electrons. The SMILES string of the molecule is O=C(O)c1nccc2nc(Br)nn12. The first-order valence-corrected chi connectivity index (χ1v) is 4.08. The topological polar surface area (TPSA) is 80.4 Å². The number of carbonyl (C=O) groups is 1. The molecule has 2 heterocycles. The maximum atomic E-state index is 10.7. The van der Waals surface area contributed by atoms with Gasteiger partial charge >= 0.3 is 5.97 Å². The highest BCUT2D eigenvalue weighted by molar-refractivity contribution is 9.10. The van der Waals surface area contributed by atoms with Gasteiger partial charge < -0.3 is 5.11 Å². The van der Waals surface area contributed by atoms with Crippen molar-refractivity contribution in [3.63, 3.8) is 0 Å². The van der Waals surface area contributed by atoms with E-state index in [0.29, 0.717) is 10.4 Å². The average Bonchev–Trinajstić information content (AvgIpc) is 2.43. The summed E-state index contributed by atoms with van der Waals surface area (Å²) in [5.41, 5.74) is 0.444. The average molecular weight is 243 g/mol. The zero-order chi connectivity index (χ0) is 9.42. The largest absolute Gasteiger partial charge is 0.475 e. The first-order valence-electron chi connectivity index (χ1n) is 3.29.